The Morgan fingerprint density at radius 3 is 2.85 bits per heavy atom. The fourth-order valence-corrected chi connectivity index (χ4v) is 1.71. The molecule has 2 heterocycles. The molecule has 1 N–H and O–H groups in total. The molecule has 0 spiro atoms. The van der Waals surface area contributed by atoms with Crippen molar-refractivity contribution in [2.24, 2.45) is 0 Å². The van der Waals surface area contributed by atoms with Gasteiger partial charge in [0, 0.05) is 22.9 Å². The van der Waals surface area contributed by atoms with Gasteiger partial charge in [0.15, 0.2) is 12.4 Å². The van der Waals surface area contributed by atoms with Crippen LogP contribution in [0.4, 0.5) is 5.82 Å². The maximum absolute atomic E-state index is 11.7. The van der Waals surface area contributed by atoms with Gasteiger partial charge in [0.1, 0.15) is 5.76 Å². The number of nitrogens with zero attached hydrogens (tertiary/aromatic N) is 2. The van der Waals surface area contributed by atoms with E-state index in [9.17, 15) is 9.59 Å². The number of aryl methyl sites for hydroxylation is 1. The molecule has 0 aliphatic heterocycles. The second kappa shape index (κ2) is 6.29. The van der Waals surface area contributed by atoms with Crippen LogP contribution < -0.4 is 5.32 Å². The number of aromatic nitrogens is 2. The van der Waals surface area contributed by atoms with Crippen LogP contribution in [-0.2, 0) is 9.53 Å². The lowest BCUT2D eigenvalue weighted by Crippen LogP contribution is -2.21. The molecule has 104 valence electrons. The summed E-state index contributed by atoms with van der Waals surface area (Å²) in [6.07, 6.45) is 2.89. The Morgan fingerprint density at radius 1 is 1.40 bits per heavy atom. The van der Waals surface area contributed by atoms with E-state index in [0.717, 1.165) is 0 Å². The number of hydrogen-bond acceptors (Lipinski definition) is 6. The van der Waals surface area contributed by atoms with Crippen molar-refractivity contribution >= 4 is 33.6 Å². The van der Waals surface area contributed by atoms with Gasteiger partial charge in [0.05, 0.1) is 5.56 Å². The van der Waals surface area contributed by atoms with Crippen LogP contribution in [0.2, 0.25) is 0 Å². The van der Waals surface area contributed by atoms with E-state index in [0.29, 0.717) is 10.2 Å². The maximum atomic E-state index is 11.7. The van der Waals surface area contributed by atoms with Gasteiger partial charge in [-0.05, 0) is 28.9 Å². The highest BCUT2D eigenvalue weighted by Crippen LogP contribution is 2.10. The Balaban J connectivity index is 1.85. The molecule has 20 heavy (non-hydrogen) atoms. The Morgan fingerprint density at radius 2 is 2.20 bits per heavy atom. The smallest absolute Gasteiger partial charge is 0.340 e. The van der Waals surface area contributed by atoms with Crippen LogP contribution in [0.3, 0.4) is 0 Å². The van der Waals surface area contributed by atoms with Gasteiger partial charge < -0.3 is 14.6 Å². The van der Waals surface area contributed by atoms with E-state index in [2.05, 4.69) is 31.4 Å². The van der Waals surface area contributed by atoms with Crippen molar-refractivity contribution in [3.05, 3.63) is 40.3 Å². The Hall–Kier alpha value is -2.22. The molecule has 1 amide bonds. The standard InChI is InChI=1S/C12H10BrN3O4/c1-7-2-10(16-20-7)15-11(17)6-19-12(18)8-3-9(13)5-14-4-8/h2-5H,6H2,1H3,(H,15,16,17). The molecule has 0 fully saturated rings. The number of esters is 1. The normalized spacial score (nSPS) is 10.1. The van der Waals surface area contributed by atoms with Crippen LogP contribution in [-0.4, -0.2) is 28.6 Å². The summed E-state index contributed by atoms with van der Waals surface area (Å²) < 4.78 is 10.3. The minimum atomic E-state index is -0.634. The first-order valence-corrected chi connectivity index (χ1v) is 6.35. The molecule has 0 aliphatic rings. The molecule has 2 aromatic rings. The summed E-state index contributed by atoms with van der Waals surface area (Å²) in [6.45, 7) is 1.28. The van der Waals surface area contributed by atoms with Gasteiger partial charge in [-0.1, -0.05) is 5.16 Å². The largest absolute Gasteiger partial charge is 0.452 e. The first-order valence-electron chi connectivity index (χ1n) is 5.55. The number of pyridine rings is 1. The SMILES string of the molecule is Cc1cc(NC(=O)COC(=O)c2cncc(Br)c2)no1. The molecule has 0 radical (unpaired) electrons. The van der Waals surface area contributed by atoms with Gasteiger partial charge in [-0.15, -0.1) is 0 Å². The number of rotatable bonds is 4. The Kier molecular flexibility index (Phi) is 4.46. The van der Waals surface area contributed by atoms with Crippen LogP contribution in [0.1, 0.15) is 16.1 Å². The molecule has 0 unspecified atom stereocenters. The van der Waals surface area contributed by atoms with Crippen molar-refractivity contribution in [2.75, 3.05) is 11.9 Å². The molecular weight excluding hydrogens is 330 g/mol. The van der Waals surface area contributed by atoms with Gasteiger partial charge >= 0.3 is 5.97 Å². The van der Waals surface area contributed by atoms with Crippen molar-refractivity contribution in [2.45, 2.75) is 6.92 Å². The maximum Gasteiger partial charge on any atom is 0.340 e. The molecule has 0 saturated heterocycles. The predicted molar refractivity (Wildman–Crippen MR) is 72.1 cm³/mol. The average molecular weight is 340 g/mol. The summed E-state index contributed by atoms with van der Waals surface area (Å²) in [4.78, 5) is 27.0. The number of carbonyl (C=O) groups is 2. The third-order valence-corrected chi connectivity index (χ3v) is 2.60. The third-order valence-electron chi connectivity index (χ3n) is 2.17. The van der Waals surface area contributed by atoms with Crippen molar-refractivity contribution in [3.8, 4) is 0 Å². The minimum absolute atomic E-state index is 0.254. The molecule has 0 saturated carbocycles. The zero-order chi connectivity index (χ0) is 14.5. The lowest BCUT2D eigenvalue weighted by Gasteiger charge is -2.04. The second-order valence-electron chi connectivity index (χ2n) is 3.84. The van der Waals surface area contributed by atoms with E-state index in [1.165, 1.54) is 12.4 Å². The van der Waals surface area contributed by atoms with Crippen molar-refractivity contribution in [1.29, 1.82) is 0 Å². The van der Waals surface area contributed by atoms with Crippen molar-refractivity contribution < 1.29 is 18.8 Å². The first kappa shape index (κ1) is 14.2. The van der Waals surface area contributed by atoms with E-state index in [-0.39, 0.29) is 11.4 Å². The fourth-order valence-electron chi connectivity index (χ4n) is 1.34. The first-order chi connectivity index (χ1) is 9.54. The number of hydrogen-bond donors (Lipinski definition) is 1. The topological polar surface area (TPSA) is 94.3 Å². The average Bonchev–Trinajstić information content (AvgIpc) is 2.81. The predicted octanol–water partition coefficient (Wildman–Crippen LogP) is 1.94. The highest BCUT2D eigenvalue weighted by atomic mass is 79.9. The summed E-state index contributed by atoms with van der Waals surface area (Å²) in [5.41, 5.74) is 0.254. The third kappa shape index (κ3) is 3.89. The number of anilines is 1. The lowest BCUT2D eigenvalue weighted by atomic mass is 10.3. The van der Waals surface area contributed by atoms with Crippen LogP contribution >= 0.6 is 15.9 Å². The molecule has 2 rings (SSSR count). The van der Waals surface area contributed by atoms with E-state index < -0.39 is 18.5 Å². The number of amides is 1. The van der Waals surface area contributed by atoms with Crippen LogP contribution in [0.25, 0.3) is 0 Å². The molecule has 8 heteroatoms. The molecule has 0 bridgehead atoms. The van der Waals surface area contributed by atoms with Gasteiger partial charge in [-0.3, -0.25) is 9.78 Å². The zero-order valence-electron chi connectivity index (χ0n) is 10.4. The summed E-state index contributed by atoms with van der Waals surface area (Å²) in [5, 5.41) is 6.02. The lowest BCUT2D eigenvalue weighted by molar-refractivity contribution is -0.119. The highest BCUT2D eigenvalue weighted by Gasteiger charge is 2.12. The number of nitrogens with one attached hydrogen (secondary N) is 1. The molecule has 7 nitrogen and oxygen atoms in total. The van der Waals surface area contributed by atoms with E-state index >= 15 is 0 Å². The van der Waals surface area contributed by atoms with Crippen molar-refractivity contribution in [1.82, 2.24) is 10.1 Å². The highest BCUT2D eigenvalue weighted by molar-refractivity contribution is 9.10. The summed E-state index contributed by atoms with van der Waals surface area (Å²) in [5.74, 6) is -0.301. The zero-order valence-corrected chi connectivity index (χ0v) is 12.0. The molecular formula is C12H10BrN3O4. The van der Waals surface area contributed by atoms with E-state index in [1.54, 1.807) is 19.1 Å². The second-order valence-corrected chi connectivity index (χ2v) is 4.75. The fraction of sp³-hybridized carbons (Fsp3) is 0.167. The molecule has 2 aromatic heterocycles. The number of halogens is 1. The van der Waals surface area contributed by atoms with Gasteiger partial charge in [0.25, 0.3) is 5.91 Å². The number of ether oxygens (including phenoxy) is 1. The van der Waals surface area contributed by atoms with Crippen LogP contribution in [0.5, 0.6) is 0 Å². The molecule has 0 aromatic carbocycles. The summed E-state index contributed by atoms with van der Waals surface area (Å²) in [7, 11) is 0. The monoisotopic (exact) mass is 339 g/mol. The number of carbonyl (C=O) groups excluding carboxylic acids is 2. The Bertz CT molecular complexity index is 641. The van der Waals surface area contributed by atoms with E-state index in [4.69, 9.17) is 9.26 Å². The van der Waals surface area contributed by atoms with E-state index in [1.807, 2.05) is 0 Å². The van der Waals surface area contributed by atoms with Gasteiger partial charge in [-0.2, -0.15) is 0 Å². The van der Waals surface area contributed by atoms with Gasteiger partial charge in [-0.25, -0.2) is 4.79 Å². The summed E-state index contributed by atoms with van der Waals surface area (Å²) >= 11 is 3.19. The minimum Gasteiger partial charge on any atom is -0.452 e. The molecule has 0 aliphatic carbocycles. The Labute approximate surface area is 122 Å². The summed E-state index contributed by atoms with van der Waals surface area (Å²) in [6, 6.07) is 3.10. The van der Waals surface area contributed by atoms with Crippen LogP contribution in [0.15, 0.2) is 33.5 Å². The molecule has 0 atom stereocenters. The van der Waals surface area contributed by atoms with Crippen LogP contribution in [0, 0.1) is 6.92 Å². The van der Waals surface area contributed by atoms with Crippen molar-refractivity contribution in [3.63, 3.8) is 0 Å². The van der Waals surface area contributed by atoms with Gasteiger partial charge in [0.2, 0.25) is 0 Å². The quantitative estimate of drug-likeness (QED) is 0.855.